The van der Waals surface area contributed by atoms with Gasteiger partial charge in [-0.2, -0.15) is 0 Å². The Morgan fingerprint density at radius 3 is 2.75 bits per heavy atom. The number of aromatic nitrogens is 1. The van der Waals surface area contributed by atoms with Crippen molar-refractivity contribution in [1.82, 2.24) is 9.88 Å². The van der Waals surface area contributed by atoms with Crippen molar-refractivity contribution in [3.63, 3.8) is 0 Å². The van der Waals surface area contributed by atoms with Crippen LogP contribution in [0.3, 0.4) is 0 Å². The highest BCUT2D eigenvalue weighted by Gasteiger charge is 2.20. The van der Waals surface area contributed by atoms with Gasteiger partial charge in [0.25, 0.3) is 5.91 Å². The molecule has 2 aromatic rings. The van der Waals surface area contributed by atoms with Crippen LogP contribution < -0.4 is 0 Å². The van der Waals surface area contributed by atoms with Crippen molar-refractivity contribution in [2.45, 2.75) is 33.3 Å². The minimum absolute atomic E-state index is 0.116. The first-order chi connectivity index (χ1) is 13.5. The average molecular weight is 403 g/mol. The molecule has 6 nitrogen and oxygen atoms in total. The Hall–Kier alpha value is -2.51. The molecule has 0 unspecified atom stereocenters. The van der Waals surface area contributed by atoms with E-state index in [1.165, 1.54) is 11.3 Å². The minimum Gasteiger partial charge on any atom is -0.466 e. The van der Waals surface area contributed by atoms with Gasteiger partial charge in [-0.3, -0.25) is 9.59 Å². The molecular weight excluding hydrogens is 376 g/mol. The van der Waals surface area contributed by atoms with Gasteiger partial charge in [0, 0.05) is 24.9 Å². The molecule has 1 aromatic carbocycles. The van der Waals surface area contributed by atoms with Crippen molar-refractivity contribution in [2.24, 2.45) is 0 Å². The van der Waals surface area contributed by atoms with Crippen molar-refractivity contribution in [3.05, 3.63) is 53.2 Å². The highest BCUT2D eigenvalue weighted by atomic mass is 32.1. The summed E-state index contributed by atoms with van der Waals surface area (Å²) in [4.78, 5) is 31.1. The number of ether oxygens (including phenoxy) is 2. The van der Waals surface area contributed by atoms with E-state index in [2.05, 4.69) is 11.6 Å². The Bertz CT molecular complexity index is 872. The zero-order chi connectivity index (χ0) is 20.5. The van der Waals surface area contributed by atoms with Gasteiger partial charge in [0.15, 0.2) is 0 Å². The first kappa shape index (κ1) is 21.8. The molecule has 0 saturated carbocycles. The van der Waals surface area contributed by atoms with Crippen molar-refractivity contribution in [2.75, 3.05) is 20.3 Å². The molecule has 0 fully saturated rings. The van der Waals surface area contributed by atoms with Crippen LogP contribution >= 0.6 is 11.3 Å². The smallest absolute Gasteiger partial charge is 0.307 e. The molecule has 1 aromatic heterocycles. The summed E-state index contributed by atoms with van der Waals surface area (Å²) < 4.78 is 11.1. The quantitative estimate of drug-likeness (QED) is 0.437. The summed E-state index contributed by atoms with van der Waals surface area (Å²) in [5, 5.41) is 0.860. The van der Waals surface area contributed by atoms with E-state index in [4.69, 9.17) is 9.47 Å². The van der Waals surface area contributed by atoms with Gasteiger partial charge in [0.2, 0.25) is 0 Å². The first-order valence-electron chi connectivity index (χ1n) is 9.22. The van der Waals surface area contributed by atoms with E-state index in [0.717, 1.165) is 21.6 Å². The topological polar surface area (TPSA) is 68.7 Å². The van der Waals surface area contributed by atoms with E-state index in [1.807, 2.05) is 19.1 Å². The van der Waals surface area contributed by atoms with Crippen LogP contribution in [0.5, 0.6) is 0 Å². The molecule has 0 aliphatic rings. The Morgan fingerprint density at radius 2 is 2.11 bits per heavy atom. The molecule has 0 bridgehead atoms. The number of carbonyl (C=O) groups is 2. The maximum atomic E-state index is 13.2. The number of benzene rings is 1. The molecule has 28 heavy (non-hydrogen) atoms. The van der Waals surface area contributed by atoms with Gasteiger partial charge in [-0.15, -0.1) is 11.3 Å². The van der Waals surface area contributed by atoms with Crippen LogP contribution in [0.15, 0.2) is 42.6 Å². The highest BCUT2D eigenvalue weighted by molar-refractivity contribution is 7.18. The predicted octanol–water partition coefficient (Wildman–Crippen LogP) is 4.32. The number of methoxy groups -OCH3 is 1. The van der Waals surface area contributed by atoms with Crippen LogP contribution in [0.2, 0.25) is 0 Å². The zero-order valence-corrected chi connectivity index (χ0v) is 17.4. The molecule has 0 atom stereocenters. The lowest BCUT2D eigenvalue weighted by atomic mass is 10.1. The summed E-state index contributed by atoms with van der Waals surface area (Å²) in [5.74, 6) is -0.536. The molecule has 0 aliphatic carbocycles. The normalized spacial score (nSPS) is 11.5. The van der Waals surface area contributed by atoms with Gasteiger partial charge in [-0.1, -0.05) is 19.6 Å². The van der Waals surface area contributed by atoms with E-state index in [0.29, 0.717) is 24.5 Å². The molecule has 0 N–H and O–H groups in total. The van der Waals surface area contributed by atoms with Gasteiger partial charge in [-0.05, 0) is 37.6 Å². The lowest BCUT2D eigenvalue weighted by molar-refractivity contribution is -0.143. The largest absolute Gasteiger partial charge is 0.466 e. The molecule has 0 radical (unpaired) electrons. The maximum absolute atomic E-state index is 13.2. The Labute approximate surface area is 169 Å². The standard InChI is InChI=1S/C21H26N2O4S/c1-5-8-16(6-2)23(12-11-20(24)27-7-3)21(25)15-9-10-18-17(13-15)22-19(28-18)14-26-4/h6,8-10,13H,2,5,7,11-12,14H2,1,3-4H3/b16-8+. The van der Waals surface area contributed by atoms with Crippen LogP contribution in [0, 0.1) is 0 Å². The van der Waals surface area contributed by atoms with Crippen LogP contribution in [0.1, 0.15) is 42.1 Å². The van der Waals surface area contributed by atoms with E-state index >= 15 is 0 Å². The molecule has 2 rings (SSSR count). The molecular formula is C21H26N2O4S. The van der Waals surface area contributed by atoms with Crippen molar-refractivity contribution >= 4 is 33.4 Å². The third kappa shape index (κ3) is 5.50. The summed E-state index contributed by atoms with van der Waals surface area (Å²) in [6, 6.07) is 5.45. The number of fused-ring (bicyclic) bond motifs is 1. The first-order valence-corrected chi connectivity index (χ1v) is 10.0. The summed E-state index contributed by atoms with van der Waals surface area (Å²) in [5.41, 5.74) is 1.94. The van der Waals surface area contributed by atoms with Crippen LogP contribution in [0.4, 0.5) is 0 Å². The van der Waals surface area contributed by atoms with Crippen molar-refractivity contribution in [3.8, 4) is 0 Å². The molecule has 1 amide bonds. The monoisotopic (exact) mass is 402 g/mol. The SMILES string of the molecule is C=C/C(=C\CC)N(CCC(=O)OCC)C(=O)c1ccc2sc(COC)nc2c1. The van der Waals surface area contributed by atoms with Crippen LogP contribution in [0.25, 0.3) is 10.2 Å². The number of amides is 1. The van der Waals surface area contributed by atoms with E-state index < -0.39 is 0 Å². The molecule has 7 heteroatoms. The van der Waals surface area contributed by atoms with Gasteiger partial charge >= 0.3 is 5.97 Å². The zero-order valence-electron chi connectivity index (χ0n) is 16.6. The van der Waals surface area contributed by atoms with Gasteiger partial charge in [0.05, 0.1) is 29.9 Å². The molecule has 0 aliphatic heterocycles. The second-order valence-corrected chi connectivity index (χ2v) is 7.09. The summed E-state index contributed by atoms with van der Waals surface area (Å²) >= 11 is 1.54. The summed E-state index contributed by atoms with van der Waals surface area (Å²) in [6.45, 7) is 8.53. The number of hydrogen-bond acceptors (Lipinski definition) is 6. The van der Waals surface area contributed by atoms with Crippen molar-refractivity contribution < 1.29 is 19.1 Å². The third-order valence-electron chi connectivity index (χ3n) is 3.97. The lowest BCUT2D eigenvalue weighted by Gasteiger charge is -2.23. The molecule has 150 valence electrons. The number of carbonyl (C=O) groups excluding carboxylic acids is 2. The Morgan fingerprint density at radius 1 is 1.32 bits per heavy atom. The third-order valence-corrected chi connectivity index (χ3v) is 4.98. The molecule has 1 heterocycles. The molecule has 0 saturated heterocycles. The fraction of sp³-hybridized carbons (Fsp3) is 0.381. The average Bonchev–Trinajstić information content (AvgIpc) is 3.09. The minimum atomic E-state index is -0.334. The Kier molecular flexibility index (Phi) is 8.35. The second kappa shape index (κ2) is 10.7. The lowest BCUT2D eigenvalue weighted by Crippen LogP contribution is -2.32. The number of rotatable bonds is 10. The predicted molar refractivity (Wildman–Crippen MR) is 111 cm³/mol. The van der Waals surface area contributed by atoms with Gasteiger partial charge in [0.1, 0.15) is 5.01 Å². The molecule has 0 spiro atoms. The summed E-state index contributed by atoms with van der Waals surface area (Å²) in [7, 11) is 1.62. The van der Waals surface area contributed by atoms with E-state index in [1.54, 1.807) is 37.1 Å². The number of esters is 1. The van der Waals surface area contributed by atoms with Gasteiger partial charge < -0.3 is 14.4 Å². The maximum Gasteiger partial charge on any atom is 0.307 e. The fourth-order valence-electron chi connectivity index (χ4n) is 2.75. The highest BCUT2D eigenvalue weighted by Crippen LogP contribution is 2.25. The van der Waals surface area contributed by atoms with Crippen molar-refractivity contribution in [1.29, 1.82) is 0 Å². The van der Waals surface area contributed by atoms with Crippen LogP contribution in [-0.2, 0) is 20.9 Å². The van der Waals surface area contributed by atoms with E-state index in [9.17, 15) is 9.59 Å². The fourth-order valence-corrected chi connectivity index (χ4v) is 3.67. The van der Waals surface area contributed by atoms with Gasteiger partial charge in [-0.25, -0.2) is 4.98 Å². The second-order valence-electron chi connectivity index (χ2n) is 5.98. The van der Waals surface area contributed by atoms with Crippen LogP contribution in [-0.4, -0.2) is 42.0 Å². The summed E-state index contributed by atoms with van der Waals surface area (Å²) in [6.07, 6.45) is 4.40. The number of allylic oxidation sites excluding steroid dienone is 2. The number of thiazole rings is 1. The Balaban J connectivity index is 2.31. The van der Waals surface area contributed by atoms with E-state index in [-0.39, 0.29) is 24.8 Å². The number of hydrogen-bond donors (Lipinski definition) is 0. The number of nitrogens with zero attached hydrogens (tertiary/aromatic N) is 2.